The van der Waals surface area contributed by atoms with Gasteiger partial charge in [0.1, 0.15) is 5.58 Å². The molecule has 4 rings (SSSR count). The fraction of sp³-hybridized carbons (Fsp3) is 0.360. The molecular weight excluding hydrogens is 442 g/mol. The van der Waals surface area contributed by atoms with Crippen LogP contribution in [0.4, 0.5) is 11.6 Å². The van der Waals surface area contributed by atoms with Crippen molar-refractivity contribution in [2.24, 2.45) is 0 Å². The smallest absolute Gasteiger partial charge is 0.253 e. The Morgan fingerprint density at radius 3 is 2.64 bits per heavy atom. The molecule has 1 aliphatic rings. The number of fused-ring (bicyclic) bond motifs is 1. The molecule has 2 heterocycles. The summed E-state index contributed by atoms with van der Waals surface area (Å²) in [6.07, 6.45) is 0.562. The number of carbonyl (C=O) groups is 1. The van der Waals surface area contributed by atoms with Crippen LogP contribution in [0.25, 0.3) is 11.0 Å². The summed E-state index contributed by atoms with van der Waals surface area (Å²) in [5.74, 6) is 0.371. The fourth-order valence-corrected chi connectivity index (χ4v) is 4.11. The molecule has 1 N–H and O–H groups in total. The Balaban J connectivity index is 1.71. The van der Waals surface area contributed by atoms with Crippen LogP contribution in [-0.2, 0) is 11.2 Å². The van der Waals surface area contributed by atoms with Gasteiger partial charge < -0.3 is 24.3 Å². The highest BCUT2D eigenvalue weighted by Gasteiger charge is 2.19. The number of hydrogen-bond donors (Lipinski definition) is 1. The Hall–Kier alpha value is -3.03. The van der Waals surface area contributed by atoms with Gasteiger partial charge >= 0.3 is 0 Å². The van der Waals surface area contributed by atoms with Crippen LogP contribution >= 0.6 is 11.6 Å². The summed E-state index contributed by atoms with van der Waals surface area (Å²) in [5.41, 5.74) is 3.66. The van der Waals surface area contributed by atoms with Crippen LogP contribution in [-0.4, -0.2) is 57.8 Å². The van der Waals surface area contributed by atoms with E-state index < -0.39 is 0 Å². The maximum atomic E-state index is 13.0. The molecule has 0 radical (unpaired) electrons. The van der Waals surface area contributed by atoms with Crippen molar-refractivity contribution in [2.45, 2.75) is 13.3 Å². The van der Waals surface area contributed by atoms with E-state index in [1.165, 1.54) is 11.0 Å². The van der Waals surface area contributed by atoms with Gasteiger partial charge in [-0.3, -0.25) is 9.59 Å². The number of nitrogens with one attached hydrogen (secondary N) is 1. The number of benzene rings is 2. The lowest BCUT2D eigenvalue weighted by atomic mass is 10.0. The Labute approximate surface area is 197 Å². The van der Waals surface area contributed by atoms with E-state index in [1.54, 1.807) is 20.2 Å². The average Bonchev–Trinajstić information content (AvgIpc) is 2.81. The first-order valence-electron chi connectivity index (χ1n) is 11.0. The van der Waals surface area contributed by atoms with Gasteiger partial charge in [-0.15, -0.1) is 0 Å². The molecule has 33 heavy (non-hydrogen) atoms. The van der Waals surface area contributed by atoms with E-state index in [0.29, 0.717) is 66.7 Å². The predicted octanol–water partition coefficient (Wildman–Crippen LogP) is 3.95. The topological polar surface area (TPSA) is 75.0 Å². The van der Waals surface area contributed by atoms with Crippen molar-refractivity contribution in [1.29, 1.82) is 0 Å². The zero-order valence-corrected chi connectivity index (χ0v) is 19.9. The van der Waals surface area contributed by atoms with E-state index in [0.717, 1.165) is 16.8 Å². The summed E-state index contributed by atoms with van der Waals surface area (Å²) >= 11 is 6.14. The number of morpholine rings is 1. The Morgan fingerprint density at radius 2 is 1.91 bits per heavy atom. The number of aryl methyl sites for hydroxylation is 1. The summed E-state index contributed by atoms with van der Waals surface area (Å²) in [7, 11) is 3.39. The third-order valence-electron chi connectivity index (χ3n) is 5.78. The third kappa shape index (κ3) is 5.15. The van der Waals surface area contributed by atoms with Gasteiger partial charge in [-0.1, -0.05) is 17.7 Å². The quantitative estimate of drug-likeness (QED) is 0.589. The molecule has 0 atom stereocenters. The second-order valence-electron chi connectivity index (χ2n) is 8.40. The number of nitrogens with zero attached hydrogens (tertiary/aromatic N) is 2. The summed E-state index contributed by atoms with van der Waals surface area (Å²) < 4.78 is 11.7. The number of hydrogen-bond acceptors (Lipinski definition) is 6. The molecule has 0 saturated carbocycles. The molecular formula is C25H28ClN3O4. The molecule has 0 unspecified atom stereocenters. The van der Waals surface area contributed by atoms with Gasteiger partial charge in [-0.05, 0) is 48.7 Å². The molecule has 1 aromatic heterocycles. The first-order chi connectivity index (χ1) is 15.8. The maximum absolute atomic E-state index is 13.0. The van der Waals surface area contributed by atoms with Crippen LogP contribution in [0, 0.1) is 6.92 Å². The maximum Gasteiger partial charge on any atom is 0.253 e. The van der Waals surface area contributed by atoms with Crippen LogP contribution in [0.5, 0.6) is 0 Å². The molecule has 2 aromatic carbocycles. The first kappa shape index (κ1) is 23.1. The zero-order chi connectivity index (χ0) is 23.5. The Bertz CT molecular complexity index is 1230. The molecule has 174 valence electrons. The molecule has 1 saturated heterocycles. The first-order valence-corrected chi connectivity index (χ1v) is 11.4. The molecule has 0 aliphatic carbocycles. The van der Waals surface area contributed by atoms with Crippen LogP contribution < -0.4 is 15.6 Å². The minimum Gasteiger partial charge on any atom is -0.440 e. The van der Waals surface area contributed by atoms with Gasteiger partial charge in [-0.25, -0.2) is 0 Å². The average molecular weight is 470 g/mol. The second-order valence-corrected chi connectivity index (χ2v) is 8.83. The van der Waals surface area contributed by atoms with Crippen molar-refractivity contribution < 1.29 is 13.9 Å². The van der Waals surface area contributed by atoms with Crippen molar-refractivity contribution in [2.75, 3.05) is 57.2 Å². The minimum atomic E-state index is -0.161. The fourth-order valence-electron chi connectivity index (χ4n) is 3.94. The lowest BCUT2D eigenvalue weighted by Gasteiger charge is -2.27. The van der Waals surface area contributed by atoms with Gasteiger partial charge in [0.2, 0.25) is 0 Å². The van der Waals surface area contributed by atoms with Crippen LogP contribution in [0.15, 0.2) is 45.6 Å². The Kier molecular flexibility index (Phi) is 6.91. The summed E-state index contributed by atoms with van der Waals surface area (Å²) in [4.78, 5) is 29.2. The highest BCUT2D eigenvalue weighted by Crippen LogP contribution is 2.26. The van der Waals surface area contributed by atoms with E-state index >= 15 is 0 Å². The van der Waals surface area contributed by atoms with Crippen molar-refractivity contribution in [3.63, 3.8) is 0 Å². The minimum absolute atomic E-state index is 0.159. The largest absolute Gasteiger partial charge is 0.440 e. The zero-order valence-electron chi connectivity index (χ0n) is 19.1. The molecule has 0 spiro atoms. The molecule has 1 fully saturated rings. The molecule has 3 aromatic rings. The molecule has 8 heteroatoms. The SMILES string of the molecule is Cc1ccc(Cl)cc1NCCc1cc(C(=O)N(C)C)cc2c(=O)cc(N3CCOCC3)oc12. The molecule has 7 nitrogen and oxygen atoms in total. The highest BCUT2D eigenvalue weighted by molar-refractivity contribution is 6.30. The number of anilines is 2. The summed E-state index contributed by atoms with van der Waals surface area (Å²) in [5, 5.41) is 4.48. The van der Waals surface area contributed by atoms with E-state index in [-0.39, 0.29) is 11.3 Å². The van der Waals surface area contributed by atoms with E-state index in [2.05, 4.69) is 5.32 Å². The molecule has 0 bridgehead atoms. The van der Waals surface area contributed by atoms with Gasteiger partial charge in [0, 0.05) is 56.1 Å². The lowest BCUT2D eigenvalue weighted by Crippen LogP contribution is -2.36. The normalized spacial score (nSPS) is 13.9. The number of carbonyl (C=O) groups excluding carboxylic acids is 1. The van der Waals surface area contributed by atoms with Crippen molar-refractivity contribution in [3.05, 3.63) is 68.3 Å². The molecule has 1 aliphatic heterocycles. The van der Waals surface area contributed by atoms with Crippen molar-refractivity contribution >= 4 is 40.0 Å². The number of halogens is 1. The van der Waals surface area contributed by atoms with E-state index in [4.69, 9.17) is 20.8 Å². The van der Waals surface area contributed by atoms with E-state index in [1.807, 2.05) is 36.1 Å². The number of amides is 1. The van der Waals surface area contributed by atoms with Gasteiger partial charge in [0.05, 0.1) is 18.6 Å². The third-order valence-corrected chi connectivity index (χ3v) is 6.01. The predicted molar refractivity (Wildman–Crippen MR) is 132 cm³/mol. The standard InChI is InChI=1S/C25H28ClN3O4/c1-16-4-5-19(26)14-21(16)27-7-6-17-12-18(25(31)28(2)3)13-20-22(30)15-23(33-24(17)20)29-8-10-32-11-9-29/h4-5,12-15,27H,6-11H2,1-3H3. The summed E-state index contributed by atoms with van der Waals surface area (Å²) in [6.45, 7) is 5.11. The van der Waals surface area contributed by atoms with Crippen LogP contribution in [0.1, 0.15) is 21.5 Å². The molecule has 1 amide bonds. The van der Waals surface area contributed by atoms with Crippen LogP contribution in [0.2, 0.25) is 5.02 Å². The van der Waals surface area contributed by atoms with Crippen molar-refractivity contribution in [3.8, 4) is 0 Å². The number of rotatable bonds is 6. The monoisotopic (exact) mass is 469 g/mol. The summed E-state index contributed by atoms with van der Waals surface area (Å²) in [6, 6.07) is 10.7. The van der Waals surface area contributed by atoms with Gasteiger partial charge in [-0.2, -0.15) is 0 Å². The van der Waals surface area contributed by atoms with Gasteiger partial charge in [0.15, 0.2) is 11.3 Å². The Morgan fingerprint density at radius 1 is 1.15 bits per heavy atom. The number of ether oxygens (including phenoxy) is 1. The second kappa shape index (κ2) is 9.85. The van der Waals surface area contributed by atoms with Gasteiger partial charge in [0.25, 0.3) is 5.91 Å². The van der Waals surface area contributed by atoms with E-state index in [9.17, 15) is 9.59 Å². The lowest BCUT2D eigenvalue weighted by molar-refractivity contribution is 0.0827. The van der Waals surface area contributed by atoms with Crippen LogP contribution in [0.3, 0.4) is 0 Å². The highest BCUT2D eigenvalue weighted by atomic mass is 35.5. The van der Waals surface area contributed by atoms with Crippen molar-refractivity contribution in [1.82, 2.24) is 4.90 Å².